The Hall–Kier alpha value is -1.44. The summed E-state index contributed by atoms with van der Waals surface area (Å²) in [5.74, 6) is 3.47. The van der Waals surface area contributed by atoms with E-state index < -0.39 is 0 Å². The Morgan fingerprint density at radius 1 is 1.23 bits per heavy atom. The van der Waals surface area contributed by atoms with Crippen LogP contribution < -0.4 is 5.32 Å². The van der Waals surface area contributed by atoms with Crippen molar-refractivity contribution in [1.82, 2.24) is 19.8 Å². The molecule has 2 saturated heterocycles. The summed E-state index contributed by atoms with van der Waals surface area (Å²) in [4.78, 5) is 19.6. The van der Waals surface area contributed by atoms with Gasteiger partial charge in [-0.05, 0) is 35.6 Å². The van der Waals surface area contributed by atoms with Gasteiger partial charge in [-0.25, -0.2) is 4.98 Å². The number of amides is 1. The molecule has 0 aliphatic carbocycles. The molecule has 4 rings (SSSR count). The van der Waals surface area contributed by atoms with Crippen LogP contribution in [0.25, 0.3) is 0 Å². The third kappa shape index (κ3) is 3.66. The summed E-state index contributed by atoms with van der Waals surface area (Å²) < 4.78 is 2.51. The van der Waals surface area contributed by atoms with E-state index in [1.54, 1.807) is 6.20 Å². The number of hydrogen-bond donors (Lipinski definition) is 1. The second kappa shape index (κ2) is 8.06. The number of nitrogens with zero attached hydrogens (tertiary/aromatic N) is 3. The van der Waals surface area contributed by atoms with E-state index in [9.17, 15) is 4.79 Å². The maximum absolute atomic E-state index is 13.2. The van der Waals surface area contributed by atoms with Crippen LogP contribution >= 0.6 is 23.5 Å². The maximum atomic E-state index is 13.2. The van der Waals surface area contributed by atoms with E-state index in [1.165, 1.54) is 23.5 Å². The lowest BCUT2D eigenvalue weighted by Gasteiger charge is -2.35. The Morgan fingerprint density at radius 3 is 2.69 bits per heavy atom. The van der Waals surface area contributed by atoms with Crippen LogP contribution in [0.5, 0.6) is 0 Å². The van der Waals surface area contributed by atoms with E-state index >= 15 is 0 Å². The van der Waals surface area contributed by atoms with Crippen molar-refractivity contribution in [2.75, 3.05) is 31.1 Å². The standard InChI is InChI=1S/C19H24N4OS2/c1-22-9-8-21-17(22)16-13-20-7-10-23(16)18(24)14-3-5-15(6-4-14)19-25-11-2-12-26-19/h3-6,8-9,16,19-20H,2,7,10-13H2,1H3. The number of piperazine rings is 1. The lowest BCUT2D eigenvalue weighted by Crippen LogP contribution is -2.49. The Labute approximate surface area is 162 Å². The van der Waals surface area contributed by atoms with E-state index in [0.29, 0.717) is 11.1 Å². The molecule has 1 atom stereocenters. The van der Waals surface area contributed by atoms with Gasteiger partial charge in [0.05, 0.1) is 4.58 Å². The molecule has 5 nitrogen and oxygen atoms in total. The molecular formula is C19H24N4OS2. The van der Waals surface area contributed by atoms with Crippen LogP contribution in [0, 0.1) is 0 Å². The van der Waals surface area contributed by atoms with Crippen molar-refractivity contribution in [3.8, 4) is 0 Å². The van der Waals surface area contributed by atoms with Crippen LogP contribution in [-0.4, -0.2) is 51.5 Å². The Balaban J connectivity index is 1.52. The number of nitrogens with one attached hydrogen (secondary N) is 1. The Bertz CT molecular complexity index is 755. The highest BCUT2D eigenvalue weighted by molar-refractivity contribution is 8.16. The molecule has 26 heavy (non-hydrogen) atoms. The fourth-order valence-corrected chi connectivity index (χ4v) is 6.40. The summed E-state index contributed by atoms with van der Waals surface area (Å²) in [6.45, 7) is 2.26. The number of carbonyl (C=O) groups excluding carboxylic acids is 1. The molecule has 7 heteroatoms. The summed E-state index contributed by atoms with van der Waals surface area (Å²) >= 11 is 4.01. The molecule has 0 spiro atoms. The molecule has 0 bridgehead atoms. The summed E-state index contributed by atoms with van der Waals surface area (Å²) in [7, 11) is 1.98. The molecule has 138 valence electrons. The van der Waals surface area contributed by atoms with E-state index in [1.807, 2.05) is 58.4 Å². The number of aryl methyl sites for hydroxylation is 1. The van der Waals surface area contributed by atoms with Crippen molar-refractivity contribution in [1.29, 1.82) is 0 Å². The van der Waals surface area contributed by atoms with Crippen LogP contribution in [0.3, 0.4) is 0 Å². The topological polar surface area (TPSA) is 50.2 Å². The van der Waals surface area contributed by atoms with Gasteiger partial charge in [-0.1, -0.05) is 12.1 Å². The number of benzene rings is 1. The van der Waals surface area contributed by atoms with Crippen LogP contribution in [0.15, 0.2) is 36.7 Å². The van der Waals surface area contributed by atoms with Crippen LogP contribution in [0.4, 0.5) is 0 Å². The number of thioether (sulfide) groups is 2. The zero-order valence-corrected chi connectivity index (χ0v) is 16.6. The fourth-order valence-electron chi connectivity index (χ4n) is 3.51. The highest BCUT2D eigenvalue weighted by atomic mass is 32.2. The molecular weight excluding hydrogens is 364 g/mol. The third-order valence-corrected chi connectivity index (χ3v) is 7.93. The van der Waals surface area contributed by atoms with Gasteiger partial charge in [0.1, 0.15) is 11.9 Å². The molecule has 1 aromatic carbocycles. The van der Waals surface area contributed by atoms with Crippen molar-refractivity contribution >= 4 is 29.4 Å². The van der Waals surface area contributed by atoms with Crippen LogP contribution in [0.1, 0.15) is 38.8 Å². The first-order valence-electron chi connectivity index (χ1n) is 9.06. The molecule has 2 aromatic rings. The molecule has 3 heterocycles. The zero-order chi connectivity index (χ0) is 17.9. The number of aromatic nitrogens is 2. The predicted molar refractivity (Wildman–Crippen MR) is 109 cm³/mol. The van der Waals surface area contributed by atoms with Crippen molar-refractivity contribution in [2.45, 2.75) is 17.0 Å². The molecule has 2 aliphatic heterocycles. The molecule has 1 N–H and O–H groups in total. The maximum Gasteiger partial charge on any atom is 0.254 e. The van der Waals surface area contributed by atoms with Gasteiger partial charge in [-0.3, -0.25) is 4.79 Å². The summed E-state index contributed by atoms with van der Waals surface area (Å²) in [6.07, 6.45) is 5.02. The second-order valence-corrected chi connectivity index (χ2v) is 9.39. The third-order valence-electron chi connectivity index (χ3n) is 4.92. The van der Waals surface area contributed by atoms with E-state index in [2.05, 4.69) is 22.4 Å². The predicted octanol–water partition coefficient (Wildman–Crippen LogP) is 3.08. The molecule has 1 amide bonds. The number of imidazole rings is 1. The van der Waals surface area contributed by atoms with Gasteiger partial charge in [-0.15, -0.1) is 23.5 Å². The van der Waals surface area contributed by atoms with Crippen molar-refractivity contribution < 1.29 is 4.79 Å². The quantitative estimate of drug-likeness (QED) is 0.876. The van der Waals surface area contributed by atoms with Crippen LogP contribution in [-0.2, 0) is 7.05 Å². The molecule has 0 saturated carbocycles. The minimum absolute atomic E-state index is 0.0274. The number of rotatable bonds is 3. The molecule has 1 unspecified atom stereocenters. The normalized spacial score (nSPS) is 21.7. The zero-order valence-electron chi connectivity index (χ0n) is 14.9. The first-order valence-corrected chi connectivity index (χ1v) is 11.2. The molecule has 0 radical (unpaired) electrons. The van der Waals surface area contributed by atoms with E-state index in [4.69, 9.17) is 0 Å². The van der Waals surface area contributed by atoms with Gasteiger partial charge in [0.2, 0.25) is 0 Å². The highest BCUT2D eigenvalue weighted by Crippen LogP contribution is 2.43. The first-order chi connectivity index (χ1) is 12.7. The van der Waals surface area contributed by atoms with Crippen LogP contribution in [0.2, 0.25) is 0 Å². The Morgan fingerprint density at radius 2 is 2.00 bits per heavy atom. The average Bonchev–Trinajstić information content (AvgIpc) is 3.14. The second-order valence-electron chi connectivity index (χ2n) is 6.66. The number of hydrogen-bond acceptors (Lipinski definition) is 5. The average molecular weight is 389 g/mol. The lowest BCUT2D eigenvalue weighted by molar-refractivity contribution is 0.0621. The molecule has 2 aliphatic rings. The fraction of sp³-hybridized carbons (Fsp3) is 0.474. The van der Waals surface area contributed by atoms with Gasteiger partial charge in [0.25, 0.3) is 5.91 Å². The highest BCUT2D eigenvalue weighted by Gasteiger charge is 2.31. The van der Waals surface area contributed by atoms with Crippen molar-refractivity contribution in [3.05, 3.63) is 53.6 Å². The van der Waals surface area contributed by atoms with Gasteiger partial charge < -0.3 is 14.8 Å². The van der Waals surface area contributed by atoms with Crippen molar-refractivity contribution in [3.63, 3.8) is 0 Å². The van der Waals surface area contributed by atoms with Gasteiger partial charge in [0, 0.05) is 44.6 Å². The summed E-state index contributed by atoms with van der Waals surface area (Å²) in [5.41, 5.74) is 2.08. The lowest BCUT2D eigenvalue weighted by atomic mass is 10.1. The summed E-state index contributed by atoms with van der Waals surface area (Å²) in [5, 5.41) is 3.39. The first kappa shape index (κ1) is 17.9. The number of carbonyl (C=O) groups is 1. The Kier molecular flexibility index (Phi) is 5.57. The minimum Gasteiger partial charge on any atom is -0.336 e. The minimum atomic E-state index is -0.0274. The molecule has 2 fully saturated rings. The smallest absolute Gasteiger partial charge is 0.254 e. The summed E-state index contributed by atoms with van der Waals surface area (Å²) in [6, 6.07) is 8.21. The van der Waals surface area contributed by atoms with Gasteiger partial charge in [-0.2, -0.15) is 0 Å². The monoisotopic (exact) mass is 388 g/mol. The SMILES string of the molecule is Cn1ccnc1C1CNCCN1C(=O)c1ccc(C2SCCCS2)cc1. The molecule has 1 aromatic heterocycles. The van der Waals surface area contributed by atoms with Crippen molar-refractivity contribution in [2.24, 2.45) is 7.05 Å². The largest absolute Gasteiger partial charge is 0.336 e. The van der Waals surface area contributed by atoms with E-state index in [0.717, 1.165) is 24.5 Å². The van der Waals surface area contributed by atoms with E-state index in [-0.39, 0.29) is 11.9 Å². The van der Waals surface area contributed by atoms with Gasteiger partial charge in [0.15, 0.2) is 0 Å². The van der Waals surface area contributed by atoms with Gasteiger partial charge >= 0.3 is 0 Å².